The number of anilines is 2. The zero-order valence-corrected chi connectivity index (χ0v) is 10.8. The van der Waals surface area contributed by atoms with Crippen molar-refractivity contribution in [3.8, 4) is 0 Å². The summed E-state index contributed by atoms with van der Waals surface area (Å²) in [5.74, 6) is -0.273. The summed E-state index contributed by atoms with van der Waals surface area (Å²) >= 11 is 3.83. The van der Waals surface area contributed by atoms with Crippen LogP contribution in [0, 0.1) is 0 Å². The fourth-order valence-corrected chi connectivity index (χ4v) is 1.48. The second-order valence-corrected chi connectivity index (χ2v) is 4.01. The Morgan fingerprint density at radius 3 is 2.63 bits per heavy atom. The van der Waals surface area contributed by atoms with Gasteiger partial charge in [-0.05, 0) is 12.1 Å². The number of carbonyl (C=O) groups excluding carboxylic acids is 2. The minimum atomic E-state index is -0.329. The molecule has 2 amide bonds. The van der Waals surface area contributed by atoms with Gasteiger partial charge in [-0.2, -0.15) is 17.7 Å². The molecule has 3 N–H and O–H groups in total. The lowest BCUT2D eigenvalue weighted by Crippen LogP contribution is -2.13. The number of hydrogen-bond donors (Lipinski definition) is 4. The molecule has 0 saturated carbocycles. The van der Waals surface area contributed by atoms with Crippen LogP contribution in [0.1, 0.15) is 10.5 Å². The van der Waals surface area contributed by atoms with Crippen molar-refractivity contribution in [3.05, 3.63) is 42.1 Å². The molecular formula is C12H12N4O2S. The van der Waals surface area contributed by atoms with E-state index >= 15 is 0 Å². The summed E-state index contributed by atoms with van der Waals surface area (Å²) < 4.78 is 0. The third-order valence-corrected chi connectivity index (χ3v) is 2.55. The summed E-state index contributed by atoms with van der Waals surface area (Å²) in [5, 5.41) is 11.6. The van der Waals surface area contributed by atoms with E-state index < -0.39 is 0 Å². The molecule has 19 heavy (non-hydrogen) atoms. The number of hydrogen-bond acceptors (Lipinski definition) is 4. The van der Waals surface area contributed by atoms with Crippen LogP contribution in [-0.4, -0.2) is 27.8 Å². The lowest BCUT2D eigenvalue weighted by molar-refractivity contribution is -0.113. The number of aromatic amines is 1. The van der Waals surface area contributed by atoms with Gasteiger partial charge in [-0.25, -0.2) is 0 Å². The molecule has 7 heteroatoms. The zero-order chi connectivity index (χ0) is 13.7. The first-order valence-corrected chi connectivity index (χ1v) is 6.15. The summed E-state index contributed by atoms with van der Waals surface area (Å²) in [6.45, 7) is 0. The average molecular weight is 276 g/mol. The number of amides is 2. The number of thiol groups is 1. The van der Waals surface area contributed by atoms with Gasteiger partial charge in [-0.1, -0.05) is 18.2 Å². The monoisotopic (exact) mass is 276 g/mol. The van der Waals surface area contributed by atoms with E-state index in [2.05, 4.69) is 33.5 Å². The van der Waals surface area contributed by atoms with Gasteiger partial charge in [0.05, 0.1) is 5.75 Å². The summed E-state index contributed by atoms with van der Waals surface area (Å²) in [6.07, 6.45) is 0. The number of carbonyl (C=O) groups is 2. The maximum absolute atomic E-state index is 11.9. The van der Waals surface area contributed by atoms with Gasteiger partial charge in [-0.15, -0.1) is 0 Å². The van der Waals surface area contributed by atoms with E-state index in [1.807, 2.05) is 18.2 Å². The van der Waals surface area contributed by atoms with Crippen molar-refractivity contribution in [1.29, 1.82) is 0 Å². The second kappa shape index (κ2) is 6.05. The maximum atomic E-state index is 11.9. The number of H-pyrrole nitrogens is 1. The molecule has 2 rings (SSSR count). The molecule has 0 saturated heterocycles. The number of para-hydroxylation sites is 1. The molecule has 0 spiro atoms. The Morgan fingerprint density at radius 2 is 1.95 bits per heavy atom. The molecule has 0 radical (unpaired) electrons. The van der Waals surface area contributed by atoms with Gasteiger partial charge in [0, 0.05) is 11.8 Å². The van der Waals surface area contributed by atoms with Crippen molar-refractivity contribution in [2.75, 3.05) is 16.4 Å². The highest BCUT2D eigenvalue weighted by Crippen LogP contribution is 2.10. The third-order valence-electron chi connectivity index (χ3n) is 2.27. The molecule has 1 aromatic carbocycles. The van der Waals surface area contributed by atoms with Crippen LogP contribution in [0.4, 0.5) is 11.5 Å². The van der Waals surface area contributed by atoms with Crippen LogP contribution < -0.4 is 10.6 Å². The predicted molar refractivity (Wildman–Crippen MR) is 75.5 cm³/mol. The molecule has 0 fully saturated rings. The fraction of sp³-hybridized carbons (Fsp3) is 0.0833. The van der Waals surface area contributed by atoms with Gasteiger partial charge in [0.15, 0.2) is 5.82 Å². The van der Waals surface area contributed by atoms with Crippen LogP contribution in [0.15, 0.2) is 36.4 Å². The maximum Gasteiger partial charge on any atom is 0.273 e. The second-order valence-electron chi connectivity index (χ2n) is 3.69. The number of aromatic nitrogens is 2. The lowest BCUT2D eigenvalue weighted by atomic mass is 10.3. The van der Waals surface area contributed by atoms with Gasteiger partial charge in [0.1, 0.15) is 5.69 Å². The lowest BCUT2D eigenvalue weighted by Gasteiger charge is -2.01. The largest absolute Gasteiger partial charge is 0.321 e. The average Bonchev–Trinajstić information content (AvgIpc) is 2.88. The van der Waals surface area contributed by atoms with Crippen molar-refractivity contribution >= 4 is 35.9 Å². The first-order valence-electron chi connectivity index (χ1n) is 5.51. The summed E-state index contributed by atoms with van der Waals surface area (Å²) in [6, 6.07) is 10.5. The third kappa shape index (κ3) is 3.59. The van der Waals surface area contributed by atoms with E-state index in [0.717, 1.165) is 0 Å². The van der Waals surface area contributed by atoms with Gasteiger partial charge in [0.2, 0.25) is 5.91 Å². The van der Waals surface area contributed by atoms with Crippen molar-refractivity contribution in [2.24, 2.45) is 0 Å². The first kappa shape index (κ1) is 13.2. The normalized spacial score (nSPS) is 9.95. The number of benzene rings is 1. The highest BCUT2D eigenvalue weighted by atomic mass is 32.1. The van der Waals surface area contributed by atoms with Gasteiger partial charge in [-0.3, -0.25) is 14.7 Å². The topological polar surface area (TPSA) is 86.9 Å². The van der Waals surface area contributed by atoms with Crippen LogP contribution >= 0.6 is 12.6 Å². The van der Waals surface area contributed by atoms with Crippen LogP contribution in [0.25, 0.3) is 0 Å². The van der Waals surface area contributed by atoms with Gasteiger partial charge < -0.3 is 10.6 Å². The molecule has 0 unspecified atom stereocenters. The van der Waals surface area contributed by atoms with Gasteiger partial charge >= 0.3 is 0 Å². The van der Waals surface area contributed by atoms with E-state index in [4.69, 9.17) is 0 Å². The smallest absolute Gasteiger partial charge is 0.273 e. The Kier molecular flexibility index (Phi) is 4.19. The van der Waals surface area contributed by atoms with Crippen LogP contribution in [0.5, 0.6) is 0 Å². The van der Waals surface area contributed by atoms with Crippen molar-refractivity contribution < 1.29 is 9.59 Å². The Balaban J connectivity index is 2.02. The molecule has 0 atom stereocenters. The Morgan fingerprint density at radius 1 is 1.21 bits per heavy atom. The summed E-state index contributed by atoms with van der Waals surface area (Å²) in [5.41, 5.74) is 0.946. The molecule has 2 aromatic rings. The van der Waals surface area contributed by atoms with E-state index in [9.17, 15) is 9.59 Å². The molecule has 0 aliphatic carbocycles. The van der Waals surface area contributed by atoms with E-state index in [1.165, 1.54) is 6.07 Å². The highest BCUT2D eigenvalue weighted by molar-refractivity contribution is 7.81. The molecule has 6 nitrogen and oxygen atoms in total. The van der Waals surface area contributed by atoms with Crippen LogP contribution in [0.2, 0.25) is 0 Å². The number of nitrogens with one attached hydrogen (secondary N) is 3. The van der Waals surface area contributed by atoms with Crippen LogP contribution in [-0.2, 0) is 4.79 Å². The van der Waals surface area contributed by atoms with Crippen LogP contribution in [0.3, 0.4) is 0 Å². The predicted octanol–water partition coefficient (Wildman–Crippen LogP) is 1.53. The van der Waals surface area contributed by atoms with Crippen molar-refractivity contribution in [3.63, 3.8) is 0 Å². The van der Waals surface area contributed by atoms with Crippen molar-refractivity contribution in [1.82, 2.24) is 10.2 Å². The minimum Gasteiger partial charge on any atom is -0.321 e. The summed E-state index contributed by atoms with van der Waals surface area (Å²) in [4.78, 5) is 23.0. The molecule has 0 bridgehead atoms. The fourth-order valence-electron chi connectivity index (χ4n) is 1.40. The molecule has 0 aliphatic heterocycles. The summed E-state index contributed by atoms with van der Waals surface area (Å²) in [7, 11) is 0. The molecule has 1 aromatic heterocycles. The Hall–Kier alpha value is -2.28. The molecule has 98 valence electrons. The standard InChI is InChI=1S/C12H12N4O2S/c17-11(7-19)14-10-6-9(15-16-10)12(18)13-8-4-2-1-3-5-8/h1-6,19H,7H2,(H,13,18)(H2,14,15,16,17). The zero-order valence-electron chi connectivity index (χ0n) is 9.88. The molecular weight excluding hydrogens is 264 g/mol. The van der Waals surface area contributed by atoms with E-state index in [-0.39, 0.29) is 29.1 Å². The number of nitrogens with zero attached hydrogens (tertiary/aromatic N) is 1. The minimum absolute atomic E-state index is 0.0540. The highest BCUT2D eigenvalue weighted by Gasteiger charge is 2.11. The Labute approximate surface area is 115 Å². The van der Waals surface area contributed by atoms with Crippen molar-refractivity contribution in [2.45, 2.75) is 0 Å². The van der Waals surface area contributed by atoms with E-state index in [1.54, 1.807) is 12.1 Å². The Bertz CT molecular complexity index is 582. The quantitative estimate of drug-likeness (QED) is 0.639. The molecule has 1 heterocycles. The SMILES string of the molecule is O=C(CS)Nc1cc(C(=O)Nc2ccccc2)[nH]n1. The first-order chi connectivity index (χ1) is 9.19. The number of rotatable bonds is 4. The molecule has 0 aliphatic rings. The van der Waals surface area contributed by atoms with Gasteiger partial charge in [0.25, 0.3) is 5.91 Å². The van der Waals surface area contributed by atoms with E-state index in [0.29, 0.717) is 5.69 Å².